The first kappa shape index (κ1) is 43.7. The third-order valence-corrected chi connectivity index (χ3v) is 17.5. The van der Waals surface area contributed by atoms with Gasteiger partial charge in [0, 0.05) is 47.8 Å². The van der Waals surface area contributed by atoms with Crippen molar-refractivity contribution in [2.24, 2.45) is 0 Å². The first-order chi connectivity index (χ1) is 34.2. The van der Waals surface area contributed by atoms with Crippen LogP contribution in [0.4, 0.5) is 34.1 Å². The van der Waals surface area contributed by atoms with Gasteiger partial charge in [-0.2, -0.15) is 0 Å². The van der Waals surface area contributed by atoms with Gasteiger partial charge in [0.1, 0.15) is 5.58 Å². The minimum absolute atomic E-state index is 0.00371. The number of nitrogens with zero attached hydrogens (tertiary/aromatic N) is 3. The minimum atomic E-state index is -0.175. The van der Waals surface area contributed by atoms with E-state index in [1.807, 2.05) is 11.3 Å². The molecule has 0 spiro atoms. The molecule has 0 N–H and O–H groups in total. The number of anilines is 6. The Labute approximate surface area is 427 Å². The fourth-order valence-corrected chi connectivity index (χ4v) is 13.6. The standard InChI is InChI=1S/C66H60BN3OS/c1-63(2,3)39-26-27-49-45(30-39)46-31-40(64(4,5)6)35-53-58(46)68(49)54-36-41(65(7,8)9)32-48-60(54)70(53)52-34-42(66(10,11)12)33-51-57(52)67(48)62-59(47-29-38(25-28-56(47)72-62)37-19-14-13-15-20-37)69(51)50-23-18-22-44-43-21-16-17-24-55(43)71-61(44)50/h13-36H,1-12H3. The lowest BCUT2D eigenvalue weighted by molar-refractivity contribution is 0.589. The van der Waals surface area contributed by atoms with Crippen molar-refractivity contribution < 1.29 is 4.42 Å². The lowest BCUT2D eigenvalue weighted by Gasteiger charge is -2.46. The molecule has 354 valence electrons. The van der Waals surface area contributed by atoms with E-state index in [1.165, 1.54) is 115 Å². The zero-order chi connectivity index (χ0) is 49.7. The highest BCUT2D eigenvalue weighted by atomic mass is 32.1. The van der Waals surface area contributed by atoms with Crippen molar-refractivity contribution in [2.45, 2.75) is 105 Å². The van der Waals surface area contributed by atoms with Crippen molar-refractivity contribution in [3.63, 3.8) is 0 Å². The molecule has 3 aromatic heterocycles. The fraction of sp³-hybridized carbons (Fsp3) is 0.242. The molecule has 6 heterocycles. The molecule has 0 fully saturated rings. The molecule has 3 aliphatic heterocycles. The molecular weight excluding hydrogens is 894 g/mol. The van der Waals surface area contributed by atoms with Gasteiger partial charge in [0.2, 0.25) is 0 Å². The number of hydrogen-bond donors (Lipinski definition) is 0. The van der Waals surface area contributed by atoms with Crippen LogP contribution in [0.5, 0.6) is 0 Å². The van der Waals surface area contributed by atoms with E-state index in [0.29, 0.717) is 0 Å². The van der Waals surface area contributed by atoms with Crippen LogP contribution in [0.15, 0.2) is 150 Å². The van der Waals surface area contributed by atoms with E-state index >= 15 is 0 Å². The average molecular weight is 954 g/mol. The summed E-state index contributed by atoms with van der Waals surface area (Å²) in [6.45, 7) is 28.4. The van der Waals surface area contributed by atoms with Crippen molar-refractivity contribution in [3.8, 4) is 16.8 Å². The number of furan rings is 1. The van der Waals surface area contributed by atoms with Gasteiger partial charge in [-0.1, -0.05) is 162 Å². The molecule has 8 aromatic carbocycles. The minimum Gasteiger partial charge on any atom is -0.454 e. The summed E-state index contributed by atoms with van der Waals surface area (Å²) in [5.74, 6) is 0. The second kappa shape index (κ2) is 14.4. The molecule has 0 bridgehead atoms. The highest BCUT2D eigenvalue weighted by molar-refractivity contribution is 7.33. The highest BCUT2D eigenvalue weighted by Gasteiger charge is 2.49. The largest absolute Gasteiger partial charge is 0.454 e. The predicted octanol–water partition coefficient (Wildman–Crippen LogP) is 17.2. The number of aromatic nitrogens is 1. The predicted molar refractivity (Wildman–Crippen MR) is 311 cm³/mol. The number of thiophene rings is 1. The van der Waals surface area contributed by atoms with Crippen LogP contribution in [0, 0.1) is 0 Å². The summed E-state index contributed by atoms with van der Waals surface area (Å²) < 4.78 is 12.3. The Morgan fingerprint density at radius 3 is 1.76 bits per heavy atom. The van der Waals surface area contributed by atoms with Gasteiger partial charge in [-0.05, 0) is 133 Å². The van der Waals surface area contributed by atoms with Crippen LogP contribution >= 0.6 is 11.3 Å². The maximum Gasteiger partial charge on any atom is 0.264 e. The number of para-hydroxylation sites is 2. The Kier molecular flexibility index (Phi) is 8.72. The summed E-state index contributed by atoms with van der Waals surface area (Å²) in [6, 6.07) is 55.9. The van der Waals surface area contributed by atoms with Gasteiger partial charge >= 0.3 is 0 Å². The van der Waals surface area contributed by atoms with E-state index in [0.717, 1.165) is 27.6 Å². The molecule has 0 saturated carbocycles. The molecule has 0 atom stereocenters. The maximum absolute atomic E-state index is 7.05. The molecule has 0 unspecified atom stereocenters. The van der Waals surface area contributed by atoms with E-state index in [2.05, 4.69) is 243 Å². The van der Waals surface area contributed by atoms with Crippen molar-refractivity contribution in [3.05, 3.63) is 168 Å². The maximum atomic E-state index is 7.05. The zero-order valence-electron chi connectivity index (χ0n) is 43.6. The lowest BCUT2D eigenvalue weighted by atomic mass is 9.35. The third kappa shape index (κ3) is 6.05. The van der Waals surface area contributed by atoms with Gasteiger partial charge in [0.15, 0.2) is 5.58 Å². The summed E-state index contributed by atoms with van der Waals surface area (Å²) in [7, 11) is 0. The molecule has 0 saturated heterocycles. The van der Waals surface area contributed by atoms with E-state index in [9.17, 15) is 0 Å². The number of hydrogen-bond acceptors (Lipinski definition) is 4. The lowest BCUT2D eigenvalue weighted by Crippen LogP contribution is -2.61. The molecule has 0 radical (unpaired) electrons. The Bertz CT molecular complexity index is 4160. The van der Waals surface area contributed by atoms with Crippen LogP contribution in [0.25, 0.3) is 70.6 Å². The van der Waals surface area contributed by atoms with Crippen LogP contribution in [-0.2, 0) is 21.7 Å². The molecule has 72 heavy (non-hydrogen) atoms. The number of fused-ring (bicyclic) bond motifs is 14. The molecule has 14 rings (SSSR count). The first-order valence-electron chi connectivity index (χ1n) is 25.9. The van der Waals surface area contributed by atoms with Crippen molar-refractivity contribution >= 4 is 122 Å². The summed E-state index contributed by atoms with van der Waals surface area (Å²) in [6.07, 6.45) is 0. The van der Waals surface area contributed by atoms with E-state index in [-0.39, 0.29) is 28.4 Å². The SMILES string of the molecule is CC(C)(C)c1cc2c3c(c1)N1c4c(cc(C(C)(C)C)cc4-n4c5ccc(C(C)(C)C)cc5c5cc(C(C)(C)C)cc1c54)B3c1sc3ccc(-c4ccccc4)cc3c1N2c1cccc2c1oc1ccccc12. The van der Waals surface area contributed by atoms with Gasteiger partial charge < -0.3 is 18.8 Å². The van der Waals surface area contributed by atoms with Crippen LogP contribution in [-0.4, -0.2) is 11.3 Å². The highest BCUT2D eigenvalue weighted by Crippen LogP contribution is 2.56. The monoisotopic (exact) mass is 953 g/mol. The number of rotatable bonds is 2. The van der Waals surface area contributed by atoms with Gasteiger partial charge in [-0.25, -0.2) is 0 Å². The second-order valence-electron chi connectivity index (χ2n) is 25.1. The summed E-state index contributed by atoms with van der Waals surface area (Å²) in [5, 5.41) is 6.15. The molecule has 11 aromatic rings. The summed E-state index contributed by atoms with van der Waals surface area (Å²) in [5.41, 5.74) is 23.0. The summed E-state index contributed by atoms with van der Waals surface area (Å²) in [4.78, 5) is 5.34. The van der Waals surface area contributed by atoms with E-state index in [1.54, 1.807) is 0 Å². The Morgan fingerprint density at radius 2 is 1.04 bits per heavy atom. The Morgan fingerprint density at radius 1 is 0.431 bits per heavy atom. The topological polar surface area (TPSA) is 24.6 Å². The smallest absolute Gasteiger partial charge is 0.264 e. The number of benzene rings is 8. The van der Waals surface area contributed by atoms with Crippen molar-refractivity contribution in [1.82, 2.24) is 4.57 Å². The van der Waals surface area contributed by atoms with Gasteiger partial charge in [-0.3, -0.25) is 0 Å². The quantitative estimate of drug-likeness (QED) is 0.161. The van der Waals surface area contributed by atoms with Gasteiger partial charge in [0.25, 0.3) is 6.71 Å². The van der Waals surface area contributed by atoms with E-state index < -0.39 is 0 Å². The van der Waals surface area contributed by atoms with Gasteiger partial charge in [-0.15, -0.1) is 11.3 Å². The Balaban J connectivity index is 1.18. The Hall–Kier alpha value is -7.02. The fourth-order valence-electron chi connectivity index (χ4n) is 12.3. The summed E-state index contributed by atoms with van der Waals surface area (Å²) >= 11 is 1.97. The van der Waals surface area contributed by atoms with E-state index in [4.69, 9.17) is 4.42 Å². The molecule has 6 heteroatoms. The molecule has 0 amide bonds. The zero-order valence-corrected chi connectivity index (χ0v) is 44.4. The van der Waals surface area contributed by atoms with Crippen LogP contribution in [0.1, 0.15) is 105 Å². The second-order valence-corrected chi connectivity index (χ2v) is 26.2. The molecule has 3 aliphatic rings. The molecule has 0 aliphatic carbocycles. The average Bonchev–Trinajstić information content (AvgIpc) is 4.02. The van der Waals surface area contributed by atoms with Gasteiger partial charge in [0.05, 0.1) is 39.5 Å². The van der Waals surface area contributed by atoms with Crippen molar-refractivity contribution in [2.75, 3.05) is 9.80 Å². The van der Waals surface area contributed by atoms with Crippen LogP contribution in [0.3, 0.4) is 0 Å². The third-order valence-electron chi connectivity index (χ3n) is 16.3. The van der Waals surface area contributed by atoms with Crippen LogP contribution < -0.4 is 25.5 Å². The van der Waals surface area contributed by atoms with Crippen molar-refractivity contribution in [1.29, 1.82) is 0 Å². The molecular formula is C66H60BN3OS. The molecule has 4 nitrogen and oxygen atoms in total. The van der Waals surface area contributed by atoms with Crippen LogP contribution in [0.2, 0.25) is 0 Å². The normalized spacial score (nSPS) is 14.3. The first-order valence-corrected chi connectivity index (χ1v) is 26.7.